The van der Waals surface area contributed by atoms with Crippen molar-refractivity contribution in [2.24, 2.45) is 0 Å². The molecule has 4 heteroatoms. The number of carbonyl (C=O) groups is 1. The van der Waals surface area contributed by atoms with Gasteiger partial charge in [0.05, 0.1) is 12.1 Å². The Kier molecular flexibility index (Phi) is 3.83. The van der Waals surface area contributed by atoms with Gasteiger partial charge in [-0.05, 0) is 44.2 Å². The van der Waals surface area contributed by atoms with Crippen LogP contribution in [0.3, 0.4) is 0 Å². The van der Waals surface area contributed by atoms with Gasteiger partial charge in [-0.2, -0.15) is 0 Å². The fourth-order valence-electron chi connectivity index (χ4n) is 3.43. The van der Waals surface area contributed by atoms with E-state index in [-0.39, 0.29) is 18.1 Å². The van der Waals surface area contributed by atoms with E-state index >= 15 is 0 Å². The number of hydrogen-bond donors (Lipinski definition) is 1. The molecule has 0 saturated heterocycles. The van der Waals surface area contributed by atoms with Gasteiger partial charge in [0, 0.05) is 19.3 Å². The molecule has 0 aliphatic heterocycles. The number of likely N-dealkylation sites (N-methyl/N-ethyl adjacent to an activating group) is 1. The van der Waals surface area contributed by atoms with Gasteiger partial charge in [0.1, 0.15) is 5.69 Å². The van der Waals surface area contributed by atoms with Gasteiger partial charge in [0.15, 0.2) is 0 Å². The minimum atomic E-state index is -0.371. The third-order valence-electron chi connectivity index (χ3n) is 4.98. The lowest BCUT2D eigenvalue weighted by Gasteiger charge is -2.36. The van der Waals surface area contributed by atoms with E-state index in [1.165, 1.54) is 19.3 Å². The Morgan fingerprint density at radius 1 is 1.25 bits per heavy atom. The first-order chi connectivity index (χ1) is 9.68. The molecular weight excluding hydrogens is 252 g/mol. The highest BCUT2D eigenvalue weighted by Crippen LogP contribution is 2.33. The van der Waals surface area contributed by atoms with Crippen molar-refractivity contribution >= 4 is 5.91 Å². The number of aromatic nitrogens is 1. The number of hydrogen-bond acceptors (Lipinski definition) is 2. The van der Waals surface area contributed by atoms with E-state index in [4.69, 9.17) is 0 Å². The quantitative estimate of drug-likeness (QED) is 0.922. The molecule has 2 aliphatic carbocycles. The maximum Gasteiger partial charge on any atom is 0.270 e. The van der Waals surface area contributed by atoms with Crippen LogP contribution in [0.5, 0.6) is 0 Å². The van der Waals surface area contributed by atoms with Crippen LogP contribution in [-0.2, 0) is 0 Å². The Balaban J connectivity index is 1.76. The first kappa shape index (κ1) is 13.7. The number of aliphatic hydroxyl groups is 1. The summed E-state index contributed by atoms with van der Waals surface area (Å²) >= 11 is 0. The van der Waals surface area contributed by atoms with Gasteiger partial charge in [0.2, 0.25) is 0 Å². The van der Waals surface area contributed by atoms with Crippen molar-refractivity contribution in [1.82, 2.24) is 9.47 Å². The lowest BCUT2D eigenvalue weighted by atomic mass is 9.91. The third-order valence-corrected chi connectivity index (χ3v) is 4.98. The molecular formula is C16H24N2O2. The van der Waals surface area contributed by atoms with Crippen LogP contribution in [0.1, 0.15) is 61.5 Å². The summed E-state index contributed by atoms with van der Waals surface area (Å²) in [4.78, 5) is 14.5. The zero-order valence-electron chi connectivity index (χ0n) is 12.2. The van der Waals surface area contributed by atoms with Crippen molar-refractivity contribution in [2.45, 2.75) is 63.1 Å². The molecule has 1 heterocycles. The number of nitrogens with zero attached hydrogens (tertiary/aromatic N) is 2. The molecule has 2 saturated carbocycles. The fourth-order valence-corrected chi connectivity index (χ4v) is 3.43. The average molecular weight is 276 g/mol. The second kappa shape index (κ2) is 5.60. The lowest BCUT2D eigenvalue weighted by Crippen LogP contribution is -2.46. The van der Waals surface area contributed by atoms with Crippen molar-refractivity contribution in [3.8, 4) is 0 Å². The summed E-state index contributed by atoms with van der Waals surface area (Å²) in [6.07, 6.45) is 9.14. The summed E-state index contributed by atoms with van der Waals surface area (Å²) in [7, 11) is 1.83. The Morgan fingerprint density at radius 3 is 2.65 bits per heavy atom. The molecule has 0 bridgehead atoms. The first-order valence-electron chi connectivity index (χ1n) is 7.80. The van der Waals surface area contributed by atoms with Crippen molar-refractivity contribution in [2.75, 3.05) is 7.05 Å². The molecule has 4 nitrogen and oxygen atoms in total. The monoisotopic (exact) mass is 276 g/mol. The van der Waals surface area contributed by atoms with Crippen LogP contribution in [0.25, 0.3) is 0 Å². The standard InChI is InChI=1S/C16H24N2O2/c1-17(13-8-2-3-10-15(13)19)16(20)14-9-5-11-18(14)12-6-4-7-12/h5,9,11-13,15,19H,2-4,6-8,10H2,1H3. The second-order valence-corrected chi connectivity index (χ2v) is 6.22. The number of aliphatic hydroxyl groups excluding tert-OH is 1. The van der Waals surface area contributed by atoms with E-state index in [1.54, 1.807) is 4.90 Å². The molecule has 2 unspecified atom stereocenters. The van der Waals surface area contributed by atoms with Crippen LogP contribution in [0.15, 0.2) is 18.3 Å². The van der Waals surface area contributed by atoms with Crippen LogP contribution in [0.2, 0.25) is 0 Å². The minimum Gasteiger partial charge on any atom is -0.391 e. The molecule has 1 aromatic heterocycles. The molecule has 1 aromatic rings. The van der Waals surface area contributed by atoms with Gasteiger partial charge in [0.25, 0.3) is 5.91 Å². The van der Waals surface area contributed by atoms with E-state index in [9.17, 15) is 9.90 Å². The number of rotatable bonds is 3. The highest BCUT2D eigenvalue weighted by Gasteiger charge is 2.32. The van der Waals surface area contributed by atoms with Crippen LogP contribution >= 0.6 is 0 Å². The molecule has 2 fully saturated rings. The zero-order valence-corrected chi connectivity index (χ0v) is 12.2. The van der Waals surface area contributed by atoms with E-state index in [2.05, 4.69) is 4.57 Å². The van der Waals surface area contributed by atoms with Crippen LogP contribution in [0, 0.1) is 0 Å². The summed E-state index contributed by atoms with van der Waals surface area (Å²) < 4.78 is 2.12. The lowest BCUT2D eigenvalue weighted by molar-refractivity contribution is 0.0259. The van der Waals surface area contributed by atoms with Crippen LogP contribution < -0.4 is 0 Å². The highest BCUT2D eigenvalue weighted by molar-refractivity contribution is 5.93. The molecule has 0 spiro atoms. The molecule has 110 valence electrons. The van der Waals surface area contributed by atoms with Gasteiger partial charge in [-0.1, -0.05) is 12.8 Å². The summed E-state index contributed by atoms with van der Waals surface area (Å²) in [6, 6.07) is 4.33. The fraction of sp³-hybridized carbons (Fsp3) is 0.688. The normalized spacial score (nSPS) is 27.1. The number of amides is 1. The summed E-state index contributed by atoms with van der Waals surface area (Å²) in [5, 5.41) is 10.1. The molecule has 3 rings (SSSR count). The summed E-state index contributed by atoms with van der Waals surface area (Å²) in [6.45, 7) is 0. The van der Waals surface area contributed by atoms with Crippen molar-refractivity contribution in [1.29, 1.82) is 0 Å². The minimum absolute atomic E-state index is 0.0269. The van der Waals surface area contributed by atoms with E-state index < -0.39 is 0 Å². The largest absolute Gasteiger partial charge is 0.391 e. The van der Waals surface area contributed by atoms with Gasteiger partial charge in [-0.3, -0.25) is 4.79 Å². The van der Waals surface area contributed by atoms with Gasteiger partial charge >= 0.3 is 0 Å². The summed E-state index contributed by atoms with van der Waals surface area (Å²) in [5.41, 5.74) is 0.773. The van der Waals surface area contributed by atoms with Gasteiger partial charge in [-0.15, -0.1) is 0 Å². The maximum absolute atomic E-state index is 12.7. The molecule has 20 heavy (non-hydrogen) atoms. The topological polar surface area (TPSA) is 45.5 Å². The SMILES string of the molecule is CN(C(=O)c1cccn1C1CCC1)C1CCCCC1O. The van der Waals surface area contributed by atoms with E-state index in [0.717, 1.165) is 31.4 Å². The predicted octanol–water partition coefficient (Wildman–Crippen LogP) is 2.59. The predicted molar refractivity (Wildman–Crippen MR) is 77.7 cm³/mol. The number of carbonyl (C=O) groups excluding carboxylic acids is 1. The van der Waals surface area contributed by atoms with Crippen LogP contribution in [-0.4, -0.2) is 39.7 Å². The Morgan fingerprint density at radius 2 is 2.00 bits per heavy atom. The van der Waals surface area contributed by atoms with Crippen molar-refractivity contribution in [3.05, 3.63) is 24.0 Å². The highest BCUT2D eigenvalue weighted by atomic mass is 16.3. The zero-order chi connectivity index (χ0) is 14.1. The summed E-state index contributed by atoms with van der Waals surface area (Å²) in [5.74, 6) is 0.0489. The first-order valence-corrected chi connectivity index (χ1v) is 7.80. The van der Waals surface area contributed by atoms with E-state index in [0.29, 0.717) is 6.04 Å². The smallest absolute Gasteiger partial charge is 0.270 e. The molecule has 1 amide bonds. The molecule has 0 radical (unpaired) electrons. The Hall–Kier alpha value is -1.29. The van der Waals surface area contributed by atoms with E-state index in [1.807, 2.05) is 25.4 Å². The average Bonchev–Trinajstić information content (AvgIpc) is 2.84. The molecule has 2 atom stereocenters. The van der Waals surface area contributed by atoms with Crippen molar-refractivity contribution < 1.29 is 9.90 Å². The Labute approximate surface area is 120 Å². The van der Waals surface area contributed by atoms with Crippen molar-refractivity contribution in [3.63, 3.8) is 0 Å². The molecule has 1 N–H and O–H groups in total. The molecule has 2 aliphatic rings. The molecule has 0 aromatic carbocycles. The van der Waals surface area contributed by atoms with Gasteiger partial charge < -0.3 is 14.6 Å². The third kappa shape index (κ3) is 2.37. The Bertz CT molecular complexity index is 479. The van der Waals surface area contributed by atoms with Crippen LogP contribution in [0.4, 0.5) is 0 Å². The van der Waals surface area contributed by atoms with Gasteiger partial charge in [-0.25, -0.2) is 0 Å². The second-order valence-electron chi connectivity index (χ2n) is 6.22. The maximum atomic E-state index is 12.7.